The van der Waals surface area contributed by atoms with E-state index in [0.717, 1.165) is 24.3 Å². The molecule has 4 rings (SSSR count). The fraction of sp³-hybridized carbons (Fsp3) is 0.318. The minimum atomic E-state index is -4.48. The molecule has 34 heavy (non-hydrogen) atoms. The van der Waals surface area contributed by atoms with Crippen LogP contribution in [-0.2, 0) is 15.8 Å². The summed E-state index contributed by atoms with van der Waals surface area (Å²) in [4.78, 5) is 30.9. The van der Waals surface area contributed by atoms with Gasteiger partial charge in [-0.1, -0.05) is 0 Å². The van der Waals surface area contributed by atoms with Crippen LogP contribution in [0.4, 0.5) is 27.6 Å². The quantitative estimate of drug-likeness (QED) is 0.382. The number of benzene rings is 1. The van der Waals surface area contributed by atoms with Gasteiger partial charge in [-0.2, -0.15) is 13.2 Å². The summed E-state index contributed by atoms with van der Waals surface area (Å²) in [5, 5.41) is 5.21. The van der Waals surface area contributed by atoms with Crippen molar-refractivity contribution in [3.63, 3.8) is 0 Å². The normalized spacial score (nSPS) is 18.5. The molecule has 1 aromatic carbocycles. The van der Waals surface area contributed by atoms with E-state index in [-0.39, 0.29) is 34.6 Å². The largest absolute Gasteiger partial charge is 0.474 e. The number of carbonyl (C=O) groups excluding carboxylic acids is 2. The fourth-order valence-electron chi connectivity index (χ4n) is 3.76. The first kappa shape index (κ1) is 23.5. The van der Waals surface area contributed by atoms with Gasteiger partial charge >= 0.3 is 18.0 Å². The summed E-state index contributed by atoms with van der Waals surface area (Å²) in [5.41, 5.74) is -0.472. The maximum absolute atomic E-state index is 13.5. The third kappa shape index (κ3) is 5.26. The number of aromatic nitrogens is 2. The van der Waals surface area contributed by atoms with E-state index in [0.29, 0.717) is 31.9 Å². The van der Waals surface area contributed by atoms with Crippen molar-refractivity contribution in [1.82, 2.24) is 15.3 Å². The summed E-state index contributed by atoms with van der Waals surface area (Å²) in [7, 11) is 0. The number of ether oxygens (including phenoxy) is 1. The molecule has 0 spiro atoms. The SMILES string of the molecule is O=C(Nc1c[nH]c2cc(F)c(F)cc12)C(=O)N[C@H]1CC[C@@H](Oc2ccc(C(F)(F)F)cn2)CC1. The molecule has 1 saturated carbocycles. The second-order valence-electron chi connectivity index (χ2n) is 7.92. The summed E-state index contributed by atoms with van der Waals surface area (Å²) < 4.78 is 70.3. The molecule has 2 aromatic heterocycles. The molecule has 1 fully saturated rings. The second kappa shape index (κ2) is 9.27. The van der Waals surface area contributed by atoms with Crippen molar-refractivity contribution >= 4 is 28.4 Å². The van der Waals surface area contributed by atoms with Crippen LogP contribution in [0.5, 0.6) is 5.88 Å². The van der Waals surface area contributed by atoms with E-state index in [1.54, 1.807) is 0 Å². The minimum Gasteiger partial charge on any atom is -0.474 e. The monoisotopic (exact) mass is 482 g/mol. The molecular weight excluding hydrogens is 463 g/mol. The van der Waals surface area contributed by atoms with E-state index in [2.05, 4.69) is 20.6 Å². The van der Waals surface area contributed by atoms with Crippen LogP contribution in [0, 0.1) is 11.6 Å². The van der Waals surface area contributed by atoms with Gasteiger partial charge in [0, 0.05) is 36.0 Å². The number of fused-ring (bicyclic) bond motifs is 1. The number of amides is 2. The van der Waals surface area contributed by atoms with Gasteiger partial charge in [0.25, 0.3) is 0 Å². The van der Waals surface area contributed by atoms with Crippen LogP contribution < -0.4 is 15.4 Å². The topological polar surface area (TPSA) is 96.1 Å². The average Bonchev–Trinajstić information content (AvgIpc) is 3.16. The zero-order valence-corrected chi connectivity index (χ0v) is 17.5. The molecule has 180 valence electrons. The lowest BCUT2D eigenvalue weighted by atomic mass is 9.93. The van der Waals surface area contributed by atoms with Crippen LogP contribution in [0.3, 0.4) is 0 Å². The summed E-state index contributed by atoms with van der Waals surface area (Å²) in [6.45, 7) is 0. The number of anilines is 1. The number of nitrogens with zero attached hydrogens (tertiary/aromatic N) is 1. The Labute approximate surface area is 189 Å². The highest BCUT2D eigenvalue weighted by molar-refractivity contribution is 6.40. The molecule has 3 aromatic rings. The van der Waals surface area contributed by atoms with Gasteiger partial charge in [-0.3, -0.25) is 9.59 Å². The number of pyridine rings is 1. The predicted molar refractivity (Wildman–Crippen MR) is 111 cm³/mol. The second-order valence-corrected chi connectivity index (χ2v) is 7.92. The van der Waals surface area contributed by atoms with Gasteiger partial charge in [0.15, 0.2) is 11.6 Å². The van der Waals surface area contributed by atoms with E-state index in [1.165, 1.54) is 6.20 Å². The fourth-order valence-corrected chi connectivity index (χ4v) is 3.76. The van der Waals surface area contributed by atoms with Crippen molar-refractivity contribution in [3.05, 3.63) is 53.9 Å². The Balaban J connectivity index is 1.26. The number of alkyl halides is 3. The molecule has 2 heterocycles. The van der Waals surface area contributed by atoms with Crippen molar-refractivity contribution < 1.29 is 36.3 Å². The number of aromatic amines is 1. The van der Waals surface area contributed by atoms with E-state index < -0.39 is 35.2 Å². The van der Waals surface area contributed by atoms with Crippen molar-refractivity contribution in [2.75, 3.05) is 5.32 Å². The number of hydrogen-bond donors (Lipinski definition) is 3. The molecular formula is C22H19F5N4O3. The highest BCUT2D eigenvalue weighted by Crippen LogP contribution is 2.30. The molecule has 0 saturated heterocycles. The number of rotatable bonds is 4. The minimum absolute atomic E-state index is 0.0786. The lowest BCUT2D eigenvalue weighted by Crippen LogP contribution is -2.44. The van der Waals surface area contributed by atoms with Gasteiger partial charge in [-0.05, 0) is 37.8 Å². The molecule has 0 unspecified atom stereocenters. The van der Waals surface area contributed by atoms with Gasteiger partial charge in [0.1, 0.15) is 6.10 Å². The molecule has 0 bridgehead atoms. The van der Waals surface area contributed by atoms with Gasteiger partial charge in [0.2, 0.25) is 5.88 Å². The summed E-state index contributed by atoms with van der Waals surface area (Å²) in [6, 6.07) is 3.62. The molecule has 1 aliphatic carbocycles. The van der Waals surface area contributed by atoms with E-state index >= 15 is 0 Å². The Kier molecular flexibility index (Phi) is 6.40. The third-order valence-electron chi connectivity index (χ3n) is 5.54. The van der Waals surface area contributed by atoms with Crippen molar-refractivity contribution in [1.29, 1.82) is 0 Å². The first-order valence-corrected chi connectivity index (χ1v) is 10.4. The maximum Gasteiger partial charge on any atom is 0.417 e. The first-order valence-electron chi connectivity index (χ1n) is 10.4. The summed E-state index contributed by atoms with van der Waals surface area (Å²) >= 11 is 0. The lowest BCUT2D eigenvalue weighted by Gasteiger charge is -2.29. The average molecular weight is 482 g/mol. The van der Waals surface area contributed by atoms with Gasteiger partial charge in [0.05, 0.1) is 16.8 Å². The molecule has 0 atom stereocenters. The van der Waals surface area contributed by atoms with Gasteiger partial charge in [-0.15, -0.1) is 0 Å². The van der Waals surface area contributed by atoms with Crippen LogP contribution in [0.25, 0.3) is 10.9 Å². The Hall–Kier alpha value is -3.70. The van der Waals surface area contributed by atoms with E-state index in [9.17, 15) is 31.5 Å². The van der Waals surface area contributed by atoms with Gasteiger partial charge in [-0.25, -0.2) is 13.8 Å². The van der Waals surface area contributed by atoms with Crippen molar-refractivity contribution in [3.8, 4) is 5.88 Å². The van der Waals surface area contributed by atoms with Crippen molar-refractivity contribution in [2.24, 2.45) is 0 Å². The van der Waals surface area contributed by atoms with Gasteiger partial charge < -0.3 is 20.4 Å². The van der Waals surface area contributed by atoms with Crippen LogP contribution in [-0.4, -0.2) is 33.9 Å². The van der Waals surface area contributed by atoms with Crippen LogP contribution >= 0.6 is 0 Å². The predicted octanol–water partition coefficient (Wildman–Crippen LogP) is 4.30. The Morgan fingerprint density at radius 3 is 2.38 bits per heavy atom. The molecule has 0 aliphatic heterocycles. The smallest absolute Gasteiger partial charge is 0.417 e. The number of hydrogen-bond acceptors (Lipinski definition) is 4. The van der Waals surface area contributed by atoms with Crippen molar-refractivity contribution in [2.45, 2.75) is 44.0 Å². The molecule has 12 heteroatoms. The molecule has 0 radical (unpaired) electrons. The summed E-state index contributed by atoms with van der Waals surface area (Å²) in [5.74, 6) is -3.89. The Morgan fingerprint density at radius 1 is 1.03 bits per heavy atom. The molecule has 2 amide bonds. The highest BCUT2D eigenvalue weighted by Gasteiger charge is 2.31. The molecule has 1 aliphatic rings. The first-order chi connectivity index (χ1) is 16.1. The Morgan fingerprint density at radius 2 is 1.74 bits per heavy atom. The van der Waals surface area contributed by atoms with Crippen LogP contribution in [0.2, 0.25) is 0 Å². The number of H-pyrrole nitrogens is 1. The zero-order valence-electron chi connectivity index (χ0n) is 17.5. The highest BCUT2D eigenvalue weighted by atomic mass is 19.4. The lowest BCUT2D eigenvalue weighted by molar-refractivity contribution is -0.137. The number of carbonyl (C=O) groups is 2. The zero-order chi connectivity index (χ0) is 24.5. The van der Waals surface area contributed by atoms with E-state index in [4.69, 9.17) is 4.74 Å². The summed E-state index contributed by atoms with van der Waals surface area (Å²) in [6.07, 6.45) is -0.747. The number of nitrogens with one attached hydrogen (secondary N) is 3. The standard InChI is InChI=1S/C22H19F5N4O3/c23-15-7-14-17(8-16(15)24)28-10-18(14)31-21(33)20(32)30-12-2-4-13(5-3-12)34-19-6-1-11(9-29-19)22(25,26)27/h1,6-10,12-13,28H,2-5H2,(H,30,32)(H,31,33)/t12-,13+. The third-order valence-corrected chi connectivity index (χ3v) is 5.54. The number of halogens is 5. The molecule has 3 N–H and O–H groups in total. The maximum atomic E-state index is 13.5. The van der Waals surface area contributed by atoms with Crippen LogP contribution in [0.15, 0.2) is 36.7 Å². The Bertz CT molecular complexity index is 1200. The van der Waals surface area contributed by atoms with Crippen LogP contribution in [0.1, 0.15) is 31.2 Å². The van der Waals surface area contributed by atoms with E-state index in [1.807, 2.05) is 0 Å². The molecule has 7 nitrogen and oxygen atoms in total.